The average molecular weight is 425 g/mol. The minimum atomic E-state index is 0. The number of rotatable bonds is 4. The van der Waals surface area contributed by atoms with E-state index in [2.05, 4.69) is 27.6 Å². The molecule has 0 bridgehead atoms. The molecular formula is C23H25ClN4O2. The summed E-state index contributed by atoms with van der Waals surface area (Å²) in [5.74, 6) is 1.71. The highest BCUT2D eigenvalue weighted by Gasteiger charge is 2.47. The molecule has 0 radical (unpaired) electrons. The second-order valence-corrected chi connectivity index (χ2v) is 7.79. The standard InChI is InChI=1S/C23H24N4O2.ClH/c1-29-18-9-5-8-16(10-18)20-11-21(26-25-20)23(28)27-14-17-12-24-13-19(17)22(27)15-6-3-2-4-7-15;/h2-11,17,19,22,24H,12-14H2,1H3,(H,25,26);1H/t17-,19-,22+;/m0./s1. The second kappa shape index (κ2) is 8.50. The number of aromatic amines is 1. The maximum Gasteiger partial charge on any atom is 0.272 e. The highest BCUT2D eigenvalue weighted by Crippen LogP contribution is 2.43. The smallest absolute Gasteiger partial charge is 0.272 e. The molecular weight excluding hydrogens is 400 g/mol. The average Bonchev–Trinajstić information content (AvgIpc) is 3.49. The number of nitrogens with zero attached hydrogens (tertiary/aromatic N) is 2. The van der Waals surface area contributed by atoms with Crippen LogP contribution in [0.3, 0.4) is 0 Å². The van der Waals surface area contributed by atoms with Gasteiger partial charge in [-0.05, 0) is 29.7 Å². The van der Waals surface area contributed by atoms with Gasteiger partial charge in [0, 0.05) is 31.1 Å². The summed E-state index contributed by atoms with van der Waals surface area (Å²) in [6.45, 7) is 2.69. The zero-order valence-electron chi connectivity index (χ0n) is 16.7. The fraction of sp³-hybridized carbons (Fsp3) is 0.304. The molecule has 2 aliphatic heterocycles. The molecule has 7 heteroatoms. The molecule has 5 rings (SSSR count). The molecule has 0 saturated carbocycles. The number of nitrogens with one attached hydrogen (secondary N) is 2. The van der Waals surface area contributed by atoms with Crippen molar-refractivity contribution in [2.45, 2.75) is 6.04 Å². The first kappa shape index (κ1) is 20.4. The minimum Gasteiger partial charge on any atom is -0.497 e. The summed E-state index contributed by atoms with van der Waals surface area (Å²) in [6.07, 6.45) is 0. The maximum absolute atomic E-state index is 13.4. The number of aromatic nitrogens is 2. The zero-order chi connectivity index (χ0) is 19.8. The summed E-state index contributed by atoms with van der Waals surface area (Å²) in [7, 11) is 1.64. The topological polar surface area (TPSA) is 70.2 Å². The summed E-state index contributed by atoms with van der Waals surface area (Å²) < 4.78 is 5.30. The highest BCUT2D eigenvalue weighted by atomic mass is 35.5. The van der Waals surface area contributed by atoms with Crippen molar-refractivity contribution in [3.8, 4) is 17.0 Å². The molecule has 3 heterocycles. The quantitative estimate of drug-likeness (QED) is 0.672. The number of H-pyrrole nitrogens is 1. The number of hydrogen-bond acceptors (Lipinski definition) is 4. The lowest BCUT2D eigenvalue weighted by Crippen LogP contribution is -2.34. The fourth-order valence-corrected chi connectivity index (χ4v) is 4.72. The molecule has 2 aliphatic rings. The molecule has 156 valence electrons. The number of amides is 1. The maximum atomic E-state index is 13.4. The van der Waals surface area contributed by atoms with E-state index in [9.17, 15) is 4.79 Å². The number of carbonyl (C=O) groups is 1. The van der Waals surface area contributed by atoms with Crippen LogP contribution in [0.2, 0.25) is 0 Å². The summed E-state index contributed by atoms with van der Waals surface area (Å²) in [6, 6.07) is 20.0. The molecule has 0 aliphatic carbocycles. The van der Waals surface area contributed by atoms with Gasteiger partial charge < -0.3 is 15.0 Å². The van der Waals surface area contributed by atoms with Crippen LogP contribution in [-0.4, -0.2) is 47.7 Å². The van der Waals surface area contributed by atoms with E-state index in [1.165, 1.54) is 5.56 Å². The first-order valence-corrected chi connectivity index (χ1v) is 10.0. The number of fused-ring (bicyclic) bond motifs is 1. The van der Waals surface area contributed by atoms with E-state index < -0.39 is 0 Å². The van der Waals surface area contributed by atoms with Crippen LogP contribution in [0.25, 0.3) is 11.3 Å². The van der Waals surface area contributed by atoms with Gasteiger partial charge in [0.15, 0.2) is 0 Å². The third-order valence-corrected chi connectivity index (χ3v) is 6.14. The fourth-order valence-electron chi connectivity index (χ4n) is 4.72. The van der Waals surface area contributed by atoms with Crippen LogP contribution in [0.1, 0.15) is 22.1 Å². The van der Waals surface area contributed by atoms with Crippen LogP contribution in [0, 0.1) is 11.8 Å². The van der Waals surface area contributed by atoms with Crippen LogP contribution in [-0.2, 0) is 0 Å². The predicted molar refractivity (Wildman–Crippen MR) is 118 cm³/mol. The minimum absolute atomic E-state index is 0. The lowest BCUT2D eigenvalue weighted by molar-refractivity contribution is 0.0708. The van der Waals surface area contributed by atoms with E-state index in [1.54, 1.807) is 7.11 Å². The SMILES string of the molecule is COc1cccc(-c2cc(C(=O)N3C[C@@H]4CNC[C@@H]4[C@H]3c3ccccc3)[nH]n2)c1.Cl. The lowest BCUT2D eigenvalue weighted by Gasteiger charge is -2.28. The molecule has 2 saturated heterocycles. The number of likely N-dealkylation sites (tertiary alicyclic amines) is 1. The third-order valence-electron chi connectivity index (χ3n) is 6.14. The number of ether oxygens (including phenoxy) is 1. The van der Waals surface area contributed by atoms with Crippen LogP contribution < -0.4 is 10.1 Å². The van der Waals surface area contributed by atoms with Gasteiger partial charge in [-0.3, -0.25) is 9.89 Å². The van der Waals surface area contributed by atoms with Crippen molar-refractivity contribution >= 4 is 18.3 Å². The summed E-state index contributed by atoms with van der Waals surface area (Å²) in [4.78, 5) is 15.5. The first-order chi connectivity index (χ1) is 14.2. The third kappa shape index (κ3) is 3.57. The molecule has 6 nitrogen and oxygen atoms in total. The molecule has 2 N–H and O–H groups in total. The number of hydrogen-bond donors (Lipinski definition) is 2. The van der Waals surface area contributed by atoms with Gasteiger partial charge in [0.2, 0.25) is 0 Å². The number of halogens is 1. The van der Waals surface area contributed by atoms with Gasteiger partial charge in [-0.25, -0.2) is 0 Å². The van der Waals surface area contributed by atoms with E-state index in [-0.39, 0.29) is 24.4 Å². The molecule has 30 heavy (non-hydrogen) atoms. The number of benzene rings is 2. The second-order valence-electron chi connectivity index (χ2n) is 7.79. The van der Waals surface area contributed by atoms with Gasteiger partial charge in [0.1, 0.15) is 11.4 Å². The zero-order valence-corrected chi connectivity index (χ0v) is 17.6. The molecule has 0 spiro atoms. The molecule has 1 amide bonds. The summed E-state index contributed by atoms with van der Waals surface area (Å²) in [5.41, 5.74) is 3.38. The Hall–Kier alpha value is -2.83. The van der Waals surface area contributed by atoms with Gasteiger partial charge in [-0.15, -0.1) is 12.4 Å². The Bertz CT molecular complexity index is 1020. The normalized spacial score (nSPS) is 22.4. The lowest BCUT2D eigenvalue weighted by atomic mass is 9.89. The van der Waals surface area contributed by atoms with Crippen LogP contribution in [0.5, 0.6) is 5.75 Å². The molecule has 3 aromatic rings. The van der Waals surface area contributed by atoms with E-state index >= 15 is 0 Å². The van der Waals surface area contributed by atoms with Crippen molar-refractivity contribution in [2.75, 3.05) is 26.7 Å². The van der Waals surface area contributed by atoms with Crippen molar-refractivity contribution in [2.24, 2.45) is 11.8 Å². The number of carbonyl (C=O) groups excluding carboxylic acids is 1. The Kier molecular flexibility index (Phi) is 5.79. The predicted octanol–water partition coefficient (Wildman–Crippen LogP) is 3.54. The molecule has 3 atom stereocenters. The van der Waals surface area contributed by atoms with E-state index in [1.807, 2.05) is 53.4 Å². The Morgan fingerprint density at radius 3 is 2.73 bits per heavy atom. The van der Waals surface area contributed by atoms with Crippen LogP contribution in [0.4, 0.5) is 0 Å². The Morgan fingerprint density at radius 2 is 1.93 bits per heavy atom. The van der Waals surface area contributed by atoms with E-state index in [0.29, 0.717) is 17.5 Å². The van der Waals surface area contributed by atoms with Crippen molar-refractivity contribution in [1.82, 2.24) is 20.4 Å². The summed E-state index contributed by atoms with van der Waals surface area (Å²) >= 11 is 0. The van der Waals surface area contributed by atoms with Crippen molar-refractivity contribution in [1.29, 1.82) is 0 Å². The monoisotopic (exact) mass is 424 g/mol. The van der Waals surface area contributed by atoms with Gasteiger partial charge in [-0.1, -0.05) is 42.5 Å². The van der Waals surface area contributed by atoms with E-state index in [0.717, 1.165) is 36.6 Å². The van der Waals surface area contributed by atoms with Crippen LogP contribution >= 0.6 is 12.4 Å². The molecule has 2 fully saturated rings. The molecule has 2 aromatic carbocycles. The summed E-state index contributed by atoms with van der Waals surface area (Å²) in [5, 5.41) is 10.8. The first-order valence-electron chi connectivity index (χ1n) is 10.0. The number of methoxy groups -OCH3 is 1. The molecule has 1 aromatic heterocycles. The van der Waals surface area contributed by atoms with E-state index in [4.69, 9.17) is 4.74 Å². The van der Waals surface area contributed by atoms with Gasteiger partial charge in [-0.2, -0.15) is 5.10 Å². The van der Waals surface area contributed by atoms with Crippen LogP contribution in [0.15, 0.2) is 60.7 Å². The van der Waals surface area contributed by atoms with Crippen molar-refractivity contribution < 1.29 is 9.53 Å². The molecule has 0 unspecified atom stereocenters. The largest absolute Gasteiger partial charge is 0.497 e. The Morgan fingerprint density at radius 1 is 1.10 bits per heavy atom. The van der Waals surface area contributed by atoms with Crippen molar-refractivity contribution in [3.63, 3.8) is 0 Å². The highest BCUT2D eigenvalue weighted by molar-refractivity contribution is 5.94. The van der Waals surface area contributed by atoms with Crippen molar-refractivity contribution in [3.05, 3.63) is 71.9 Å². The Balaban J connectivity index is 0.00000218. The van der Waals surface area contributed by atoms with Gasteiger partial charge in [0.05, 0.1) is 18.8 Å². The Labute approximate surface area is 182 Å². The van der Waals surface area contributed by atoms with Gasteiger partial charge >= 0.3 is 0 Å². The van der Waals surface area contributed by atoms with Gasteiger partial charge in [0.25, 0.3) is 5.91 Å².